The molecule has 0 aliphatic carbocycles. The van der Waals surface area contributed by atoms with E-state index in [0.717, 1.165) is 12.1 Å². The fourth-order valence-corrected chi connectivity index (χ4v) is 2.13. The molecule has 4 nitrogen and oxygen atoms in total. The second kappa shape index (κ2) is 5.35. The van der Waals surface area contributed by atoms with E-state index in [0.29, 0.717) is 13.0 Å². The molecule has 1 aromatic carbocycles. The van der Waals surface area contributed by atoms with E-state index in [2.05, 4.69) is 0 Å². The smallest absolute Gasteiger partial charge is 0.332 e. The number of benzene rings is 1. The minimum absolute atomic E-state index is 0.0823. The molecule has 0 spiro atoms. The van der Waals surface area contributed by atoms with E-state index in [9.17, 15) is 9.18 Å². The van der Waals surface area contributed by atoms with Crippen molar-refractivity contribution in [1.29, 1.82) is 0 Å². The van der Waals surface area contributed by atoms with Crippen LogP contribution in [0, 0.1) is 5.82 Å². The third-order valence-electron chi connectivity index (χ3n) is 3.13. The van der Waals surface area contributed by atoms with Gasteiger partial charge in [-0.3, -0.25) is 0 Å². The predicted octanol–water partition coefficient (Wildman–Crippen LogP) is 1.89. The summed E-state index contributed by atoms with van der Waals surface area (Å²) in [5.41, 5.74) is 0.888. The minimum Gasteiger partial charge on any atom is -0.479 e. The van der Waals surface area contributed by atoms with Gasteiger partial charge in [-0.2, -0.15) is 0 Å². The maximum Gasteiger partial charge on any atom is 0.332 e. The van der Waals surface area contributed by atoms with E-state index >= 15 is 0 Å². The Labute approximate surface area is 105 Å². The summed E-state index contributed by atoms with van der Waals surface area (Å²) >= 11 is 0. The molecule has 1 aliphatic rings. The number of aliphatic carboxylic acids is 1. The minimum atomic E-state index is -0.901. The Morgan fingerprint density at radius 2 is 2.11 bits per heavy atom. The molecule has 1 heterocycles. The second-order valence-electron chi connectivity index (χ2n) is 4.52. The Kier molecular flexibility index (Phi) is 3.81. The molecule has 2 unspecified atom stereocenters. The SMILES string of the molecule is CN(CC1CCC(C(=O)O)O1)c1ccc(F)cc1. The van der Waals surface area contributed by atoms with Crippen molar-refractivity contribution in [1.82, 2.24) is 0 Å². The molecule has 2 atom stereocenters. The van der Waals surface area contributed by atoms with E-state index < -0.39 is 12.1 Å². The van der Waals surface area contributed by atoms with Crippen LogP contribution < -0.4 is 4.90 Å². The number of rotatable bonds is 4. The third kappa shape index (κ3) is 2.98. The highest BCUT2D eigenvalue weighted by atomic mass is 19.1. The van der Waals surface area contributed by atoms with Crippen LogP contribution in [0.2, 0.25) is 0 Å². The van der Waals surface area contributed by atoms with Gasteiger partial charge in [0.15, 0.2) is 6.10 Å². The fourth-order valence-electron chi connectivity index (χ4n) is 2.13. The molecular formula is C13H16FNO3. The summed E-state index contributed by atoms with van der Waals surface area (Å²) in [5, 5.41) is 8.83. The van der Waals surface area contributed by atoms with Crippen LogP contribution in [-0.4, -0.2) is 36.9 Å². The molecule has 1 aromatic rings. The summed E-state index contributed by atoms with van der Waals surface area (Å²) in [7, 11) is 1.88. The number of carboxylic acids is 1. The van der Waals surface area contributed by atoms with E-state index in [1.54, 1.807) is 12.1 Å². The van der Waals surface area contributed by atoms with Crippen molar-refractivity contribution >= 4 is 11.7 Å². The van der Waals surface area contributed by atoms with Gasteiger partial charge in [-0.15, -0.1) is 0 Å². The summed E-state index contributed by atoms with van der Waals surface area (Å²) < 4.78 is 18.2. The number of hydrogen-bond acceptors (Lipinski definition) is 3. The molecule has 1 N–H and O–H groups in total. The average Bonchev–Trinajstić information content (AvgIpc) is 2.78. The molecule has 0 saturated carbocycles. The topological polar surface area (TPSA) is 49.8 Å². The van der Waals surface area contributed by atoms with E-state index in [1.807, 2.05) is 11.9 Å². The van der Waals surface area contributed by atoms with Crippen molar-refractivity contribution in [3.05, 3.63) is 30.1 Å². The van der Waals surface area contributed by atoms with Gasteiger partial charge in [0, 0.05) is 19.3 Å². The summed E-state index contributed by atoms with van der Waals surface area (Å²) in [6, 6.07) is 6.20. The largest absolute Gasteiger partial charge is 0.479 e. The van der Waals surface area contributed by atoms with Gasteiger partial charge in [0.1, 0.15) is 5.82 Å². The first-order valence-electron chi connectivity index (χ1n) is 5.91. The molecule has 98 valence electrons. The molecule has 2 rings (SSSR count). The van der Waals surface area contributed by atoms with E-state index in [4.69, 9.17) is 9.84 Å². The predicted molar refractivity (Wildman–Crippen MR) is 65.2 cm³/mol. The first-order chi connectivity index (χ1) is 8.56. The van der Waals surface area contributed by atoms with Crippen molar-refractivity contribution in [2.24, 2.45) is 0 Å². The van der Waals surface area contributed by atoms with Gasteiger partial charge in [0.25, 0.3) is 0 Å². The van der Waals surface area contributed by atoms with Crippen LogP contribution >= 0.6 is 0 Å². The molecule has 1 saturated heterocycles. The number of nitrogens with zero attached hydrogens (tertiary/aromatic N) is 1. The number of carbonyl (C=O) groups is 1. The third-order valence-corrected chi connectivity index (χ3v) is 3.13. The van der Waals surface area contributed by atoms with Crippen LogP contribution in [0.1, 0.15) is 12.8 Å². The Morgan fingerprint density at radius 3 is 2.67 bits per heavy atom. The molecule has 0 radical (unpaired) electrons. The molecule has 18 heavy (non-hydrogen) atoms. The van der Waals surface area contributed by atoms with Crippen molar-refractivity contribution in [3.8, 4) is 0 Å². The molecule has 0 aromatic heterocycles. The van der Waals surface area contributed by atoms with Crippen LogP contribution in [0.15, 0.2) is 24.3 Å². The Balaban J connectivity index is 1.90. The first kappa shape index (κ1) is 12.8. The number of anilines is 1. The highest BCUT2D eigenvalue weighted by Gasteiger charge is 2.30. The second-order valence-corrected chi connectivity index (χ2v) is 4.52. The number of hydrogen-bond donors (Lipinski definition) is 1. The van der Waals surface area contributed by atoms with Gasteiger partial charge in [-0.1, -0.05) is 0 Å². The zero-order chi connectivity index (χ0) is 13.1. The highest BCUT2D eigenvalue weighted by molar-refractivity contribution is 5.72. The number of likely N-dealkylation sites (N-methyl/N-ethyl adjacent to an activating group) is 1. The lowest BCUT2D eigenvalue weighted by Gasteiger charge is -2.23. The van der Waals surface area contributed by atoms with Gasteiger partial charge in [0.2, 0.25) is 0 Å². The van der Waals surface area contributed by atoms with Crippen LogP contribution in [0.5, 0.6) is 0 Å². The molecule has 0 bridgehead atoms. The van der Waals surface area contributed by atoms with Gasteiger partial charge in [0.05, 0.1) is 6.10 Å². The quantitative estimate of drug-likeness (QED) is 0.890. The van der Waals surface area contributed by atoms with Gasteiger partial charge in [-0.05, 0) is 37.1 Å². The lowest BCUT2D eigenvalue weighted by atomic mass is 10.2. The van der Waals surface area contributed by atoms with Crippen molar-refractivity contribution in [2.75, 3.05) is 18.5 Å². The molecule has 0 amide bonds. The normalized spacial score (nSPS) is 23.0. The lowest BCUT2D eigenvalue weighted by molar-refractivity contribution is -0.149. The Morgan fingerprint density at radius 1 is 1.44 bits per heavy atom. The lowest BCUT2D eigenvalue weighted by Crippen LogP contribution is -2.30. The summed E-state index contributed by atoms with van der Waals surface area (Å²) in [5.74, 6) is -1.17. The van der Waals surface area contributed by atoms with Crippen LogP contribution in [0.25, 0.3) is 0 Å². The Bertz CT molecular complexity index is 421. The highest BCUT2D eigenvalue weighted by Crippen LogP contribution is 2.22. The fraction of sp³-hybridized carbons (Fsp3) is 0.462. The van der Waals surface area contributed by atoms with Crippen molar-refractivity contribution in [2.45, 2.75) is 25.0 Å². The molecular weight excluding hydrogens is 237 g/mol. The molecule has 5 heteroatoms. The number of ether oxygens (including phenoxy) is 1. The maximum absolute atomic E-state index is 12.8. The Hall–Kier alpha value is -1.62. The van der Waals surface area contributed by atoms with Gasteiger partial charge < -0.3 is 14.7 Å². The monoisotopic (exact) mass is 253 g/mol. The molecule has 1 fully saturated rings. The van der Waals surface area contributed by atoms with Crippen molar-refractivity contribution < 1.29 is 19.0 Å². The van der Waals surface area contributed by atoms with E-state index in [-0.39, 0.29) is 11.9 Å². The van der Waals surface area contributed by atoms with Crippen LogP contribution in [0.3, 0.4) is 0 Å². The average molecular weight is 253 g/mol. The summed E-state index contributed by atoms with van der Waals surface area (Å²) in [6.07, 6.45) is 0.525. The van der Waals surface area contributed by atoms with Gasteiger partial charge in [-0.25, -0.2) is 9.18 Å². The van der Waals surface area contributed by atoms with E-state index in [1.165, 1.54) is 12.1 Å². The summed E-state index contributed by atoms with van der Waals surface area (Å²) in [4.78, 5) is 12.7. The standard InChI is InChI=1S/C13H16FNO3/c1-15(10-4-2-9(14)3-5-10)8-11-6-7-12(18-11)13(16)17/h2-5,11-12H,6-8H2,1H3,(H,16,17). The maximum atomic E-state index is 12.8. The zero-order valence-corrected chi connectivity index (χ0v) is 10.2. The van der Waals surface area contributed by atoms with Crippen LogP contribution in [0.4, 0.5) is 10.1 Å². The van der Waals surface area contributed by atoms with Crippen molar-refractivity contribution in [3.63, 3.8) is 0 Å². The zero-order valence-electron chi connectivity index (χ0n) is 10.2. The number of carboxylic acid groups (broad SMARTS) is 1. The van der Waals surface area contributed by atoms with Crippen LogP contribution in [-0.2, 0) is 9.53 Å². The van der Waals surface area contributed by atoms with Gasteiger partial charge >= 0.3 is 5.97 Å². The summed E-state index contributed by atoms with van der Waals surface area (Å²) in [6.45, 7) is 0.607. The molecule has 1 aliphatic heterocycles. The first-order valence-corrected chi connectivity index (χ1v) is 5.91. The number of halogens is 1.